The third-order valence-electron chi connectivity index (χ3n) is 2.28. The minimum absolute atomic E-state index is 0.0700. The van der Waals surface area contributed by atoms with Crippen molar-refractivity contribution in [2.75, 3.05) is 33.4 Å². The fraction of sp³-hybridized carbons (Fsp3) is 0.455. The average molecular weight is 259 g/mol. The van der Waals surface area contributed by atoms with Gasteiger partial charge in [0.25, 0.3) is 0 Å². The van der Waals surface area contributed by atoms with Gasteiger partial charge in [0.15, 0.2) is 0 Å². The molecular weight excluding hydrogens is 242 g/mol. The maximum atomic E-state index is 12.2. The van der Waals surface area contributed by atoms with Crippen LogP contribution >= 0.6 is 0 Å². The molecule has 1 aromatic rings. The van der Waals surface area contributed by atoms with Crippen LogP contribution in [0.25, 0.3) is 0 Å². The fourth-order valence-electron chi connectivity index (χ4n) is 1.40. The van der Waals surface area contributed by atoms with Gasteiger partial charge in [-0.1, -0.05) is 18.2 Å². The van der Waals surface area contributed by atoms with Crippen molar-refractivity contribution < 1.29 is 18.3 Å². The highest BCUT2D eigenvalue weighted by molar-refractivity contribution is 7.89. The van der Waals surface area contributed by atoms with Crippen LogP contribution in [0.5, 0.6) is 0 Å². The van der Waals surface area contributed by atoms with Crippen LogP contribution in [-0.4, -0.2) is 51.2 Å². The molecule has 0 spiro atoms. The minimum Gasteiger partial charge on any atom is -0.395 e. The molecule has 1 N–H and O–H groups in total. The molecule has 0 aliphatic heterocycles. The van der Waals surface area contributed by atoms with Gasteiger partial charge in [0, 0.05) is 20.2 Å². The van der Waals surface area contributed by atoms with Gasteiger partial charge >= 0.3 is 0 Å². The first kappa shape index (κ1) is 14.1. The SMILES string of the molecule is COCCN(CCO)S(=O)(=O)c1ccccc1. The van der Waals surface area contributed by atoms with E-state index in [4.69, 9.17) is 9.84 Å². The second-order valence-corrected chi connectivity index (χ2v) is 5.37. The number of ether oxygens (including phenoxy) is 1. The first-order valence-electron chi connectivity index (χ1n) is 5.28. The van der Waals surface area contributed by atoms with Crippen molar-refractivity contribution in [2.45, 2.75) is 4.90 Å². The molecule has 0 saturated carbocycles. The first-order valence-corrected chi connectivity index (χ1v) is 6.72. The van der Waals surface area contributed by atoms with Gasteiger partial charge in [-0.3, -0.25) is 0 Å². The number of aliphatic hydroxyl groups is 1. The normalized spacial score (nSPS) is 11.9. The second-order valence-electron chi connectivity index (χ2n) is 3.43. The molecule has 1 rings (SSSR count). The molecule has 0 radical (unpaired) electrons. The minimum atomic E-state index is -3.54. The van der Waals surface area contributed by atoms with Crippen LogP contribution in [0, 0.1) is 0 Å². The number of benzene rings is 1. The number of hydrogen-bond donors (Lipinski definition) is 1. The van der Waals surface area contributed by atoms with E-state index in [2.05, 4.69) is 0 Å². The number of methoxy groups -OCH3 is 1. The van der Waals surface area contributed by atoms with Crippen LogP contribution < -0.4 is 0 Å². The van der Waals surface area contributed by atoms with Crippen molar-refractivity contribution in [2.24, 2.45) is 0 Å². The van der Waals surface area contributed by atoms with Gasteiger partial charge in [0.2, 0.25) is 10.0 Å². The van der Waals surface area contributed by atoms with E-state index < -0.39 is 10.0 Å². The van der Waals surface area contributed by atoms with E-state index in [0.29, 0.717) is 6.61 Å². The van der Waals surface area contributed by atoms with Gasteiger partial charge in [-0.25, -0.2) is 8.42 Å². The molecule has 0 aliphatic carbocycles. The molecular formula is C11H17NO4S. The van der Waals surface area contributed by atoms with Crippen LogP contribution in [0.2, 0.25) is 0 Å². The molecule has 0 aliphatic rings. The Bertz CT molecular complexity index is 418. The van der Waals surface area contributed by atoms with Crippen LogP contribution in [0.4, 0.5) is 0 Å². The molecule has 17 heavy (non-hydrogen) atoms. The summed E-state index contributed by atoms with van der Waals surface area (Å²) in [6.45, 7) is 0.386. The summed E-state index contributed by atoms with van der Waals surface area (Å²) in [6.07, 6.45) is 0. The van der Waals surface area contributed by atoms with E-state index in [-0.39, 0.29) is 24.6 Å². The van der Waals surface area contributed by atoms with Gasteiger partial charge in [-0.05, 0) is 12.1 Å². The summed E-state index contributed by atoms with van der Waals surface area (Å²) in [4.78, 5) is 0.226. The average Bonchev–Trinajstić information content (AvgIpc) is 2.35. The first-order chi connectivity index (χ1) is 8.12. The standard InChI is InChI=1S/C11H17NO4S/c1-16-10-8-12(7-9-13)17(14,15)11-5-3-2-4-6-11/h2-6,13H,7-10H2,1H3. The number of aliphatic hydroxyl groups excluding tert-OH is 1. The van der Waals surface area contributed by atoms with E-state index in [1.807, 2.05) is 0 Å². The predicted octanol–water partition coefficient (Wildman–Crippen LogP) is 0.316. The van der Waals surface area contributed by atoms with E-state index in [1.54, 1.807) is 18.2 Å². The molecule has 0 fully saturated rings. The summed E-state index contributed by atoms with van der Waals surface area (Å²) in [5.74, 6) is 0. The Morgan fingerprint density at radius 1 is 1.24 bits per heavy atom. The van der Waals surface area contributed by atoms with Crippen molar-refractivity contribution in [3.05, 3.63) is 30.3 Å². The van der Waals surface area contributed by atoms with E-state index in [1.165, 1.54) is 23.5 Å². The zero-order valence-corrected chi connectivity index (χ0v) is 10.6. The monoisotopic (exact) mass is 259 g/mol. The lowest BCUT2D eigenvalue weighted by Crippen LogP contribution is -2.36. The Balaban J connectivity index is 2.92. The van der Waals surface area contributed by atoms with Crippen LogP contribution in [0.3, 0.4) is 0 Å². The lowest BCUT2D eigenvalue weighted by Gasteiger charge is -2.20. The molecule has 5 nitrogen and oxygen atoms in total. The predicted molar refractivity (Wildman–Crippen MR) is 64.2 cm³/mol. The molecule has 0 amide bonds. The van der Waals surface area contributed by atoms with Crippen LogP contribution in [0.15, 0.2) is 35.2 Å². The zero-order valence-electron chi connectivity index (χ0n) is 9.74. The van der Waals surface area contributed by atoms with E-state index in [9.17, 15) is 8.42 Å². The highest BCUT2D eigenvalue weighted by atomic mass is 32.2. The zero-order chi connectivity index (χ0) is 12.7. The van der Waals surface area contributed by atoms with Gasteiger partial charge in [-0.2, -0.15) is 4.31 Å². The number of hydrogen-bond acceptors (Lipinski definition) is 4. The molecule has 96 valence electrons. The Kier molecular flexibility index (Phi) is 5.57. The summed E-state index contributed by atoms with van der Waals surface area (Å²) in [5, 5.41) is 8.90. The lowest BCUT2D eigenvalue weighted by atomic mass is 10.4. The molecule has 0 atom stereocenters. The second kappa shape index (κ2) is 6.70. The smallest absolute Gasteiger partial charge is 0.243 e. The summed E-state index contributed by atoms with van der Waals surface area (Å²) < 4.78 is 30.5. The maximum absolute atomic E-state index is 12.2. The summed E-state index contributed by atoms with van der Waals surface area (Å²) in [7, 11) is -2.04. The molecule has 0 aromatic heterocycles. The Morgan fingerprint density at radius 3 is 2.41 bits per heavy atom. The molecule has 0 unspecified atom stereocenters. The Labute approximate surface area is 102 Å². The van der Waals surface area contributed by atoms with Crippen LogP contribution in [-0.2, 0) is 14.8 Å². The van der Waals surface area contributed by atoms with Gasteiger partial charge < -0.3 is 9.84 Å². The van der Waals surface area contributed by atoms with Crippen molar-refractivity contribution in [3.63, 3.8) is 0 Å². The van der Waals surface area contributed by atoms with Crippen molar-refractivity contribution in [1.29, 1.82) is 0 Å². The molecule has 6 heteroatoms. The summed E-state index contributed by atoms with van der Waals surface area (Å²) in [6, 6.07) is 8.16. The lowest BCUT2D eigenvalue weighted by molar-refractivity contribution is 0.168. The number of nitrogens with zero attached hydrogens (tertiary/aromatic N) is 1. The summed E-state index contributed by atoms with van der Waals surface area (Å²) >= 11 is 0. The number of rotatable bonds is 7. The Morgan fingerprint density at radius 2 is 1.88 bits per heavy atom. The van der Waals surface area contributed by atoms with Gasteiger partial charge in [-0.15, -0.1) is 0 Å². The molecule has 0 bridgehead atoms. The maximum Gasteiger partial charge on any atom is 0.243 e. The topological polar surface area (TPSA) is 66.8 Å². The van der Waals surface area contributed by atoms with Crippen molar-refractivity contribution >= 4 is 10.0 Å². The quantitative estimate of drug-likeness (QED) is 0.765. The molecule has 0 heterocycles. The largest absolute Gasteiger partial charge is 0.395 e. The van der Waals surface area contributed by atoms with Crippen molar-refractivity contribution in [3.8, 4) is 0 Å². The van der Waals surface area contributed by atoms with E-state index >= 15 is 0 Å². The van der Waals surface area contributed by atoms with Gasteiger partial charge in [0.05, 0.1) is 18.1 Å². The van der Waals surface area contributed by atoms with E-state index in [0.717, 1.165) is 0 Å². The molecule has 1 aromatic carbocycles. The highest BCUT2D eigenvalue weighted by Gasteiger charge is 2.23. The third kappa shape index (κ3) is 3.78. The fourth-order valence-corrected chi connectivity index (χ4v) is 2.83. The Hall–Kier alpha value is -0.950. The number of sulfonamides is 1. The van der Waals surface area contributed by atoms with Gasteiger partial charge in [0.1, 0.15) is 0 Å². The molecule has 0 saturated heterocycles. The van der Waals surface area contributed by atoms with Crippen LogP contribution in [0.1, 0.15) is 0 Å². The van der Waals surface area contributed by atoms with Crippen molar-refractivity contribution in [1.82, 2.24) is 4.31 Å². The highest BCUT2D eigenvalue weighted by Crippen LogP contribution is 2.14. The summed E-state index contributed by atoms with van der Waals surface area (Å²) in [5.41, 5.74) is 0. The third-order valence-corrected chi connectivity index (χ3v) is 4.19.